The molecule has 1 aliphatic rings. The van der Waals surface area contributed by atoms with E-state index in [4.69, 9.17) is 42.0 Å². The van der Waals surface area contributed by atoms with Gasteiger partial charge in [-0.1, -0.05) is 12.1 Å². The van der Waals surface area contributed by atoms with Crippen LogP contribution in [-0.4, -0.2) is 68.2 Å². The minimum Gasteiger partial charge on any atom is -0.457 e. The molecule has 0 atom stereocenters. The van der Waals surface area contributed by atoms with Gasteiger partial charge in [0.25, 0.3) is 5.69 Å². The van der Waals surface area contributed by atoms with E-state index in [-0.39, 0.29) is 29.4 Å². The molecule has 1 saturated heterocycles. The molecule has 0 unspecified atom stereocenters. The smallest absolute Gasteiger partial charge is 0.457 e. The summed E-state index contributed by atoms with van der Waals surface area (Å²) in [5.41, 5.74) is 2.34. The number of carbonyl (C=O) groups excluding carboxylic acids is 1. The second kappa shape index (κ2) is 21.6. The largest absolute Gasteiger partial charge is 2.00 e. The molecule has 1 fully saturated rings. The van der Waals surface area contributed by atoms with Gasteiger partial charge in [0.05, 0.1) is 10.5 Å². The third-order valence-electron chi connectivity index (χ3n) is 5.28. The molecule has 0 amide bonds. The van der Waals surface area contributed by atoms with Crippen molar-refractivity contribution < 1.29 is 89.3 Å². The summed E-state index contributed by atoms with van der Waals surface area (Å²) in [6.07, 6.45) is 0. The summed E-state index contributed by atoms with van der Waals surface area (Å²) in [4.78, 5) is 25.0. The molecule has 1 heterocycles. The molecule has 43 heavy (non-hydrogen) atoms. The zero-order valence-electron chi connectivity index (χ0n) is 22.5. The van der Waals surface area contributed by atoms with Crippen LogP contribution in [0.3, 0.4) is 0 Å². The van der Waals surface area contributed by atoms with E-state index in [1.165, 1.54) is 12.1 Å². The number of rotatable bonds is 6. The van der Waals surface area contributed by atoms with Gasteiger partial charge < -0.3 is 20.7 Å². The predicted molar refractivity (Wildman–Crippen MR) is 123 cm³/mol. The number of carbonyl (C=O) groups is 1. The molecule has 17 nitrogen and oxygen atoms in total. The van der Waals surface area contributed by atoms with Crippen LogP contribution in [0, 0.1) is 30.6 Å². The third kappa shape index (κ3) is 24.0. The van der Waals surface area contributed by atoms with Crippen molar-refractivity contribution in [1.82, 2.24) is 20.9 Å². The van der Waals surface area contributed by atoms with Crippen molar-refractivity contribution in [2.45, 2.75) is 13.2 Å². The second-order valence-corrected chi connectivity index (χ2v) is 9.99. The number of benzene rings is 2. The molecule has 0 aliphatic carbocycles. The molecule has 0 bridgehead atoms. The van der Waals surface area contributed by atoms with E-state index in [0.29, 0.717) is 11.1 Å². The van der Waals surface area contributed by atoms with Crippen LogP contribution in [0.25, 0.3) is 0 Å². The van der Waals surface area contributed by atoms with Crippen molar-refractivity contribution in [3.05, 3.63) is 75.3 Å². The number of non-ortho nitro benzene ring substituents is 1. The Morgan fingerprint density at radius 2 is 1.12 bits per heavy atom. The Bertz CT molecular complexity index is 1020. The topological polar surface area (TPSA) is 293 Å². The van der Waals surface area contributed by atoms with Gasteiger partial charge in [-0.15, -0.1) is 20.5 Å². The number of ether oxygens (including phenoxy) is 1. The number of nitro benzene ring substituents is 1. The summed E-state index contributed by atoms with van der Waals surface area (Å²) in [5.74, 6) is -0.414. The zero-order valence-corrected chi connectivity index (χ0v) is 25.0. The van der Waals surface area contributed by atoms with E-state index in [9.17, 15) is 14.9 Å². The van der Waals surface area contributed by atoms with Crippen LogP contribution >= 0.6 is 0 Å². The molecule has 0 aromatic heterocycles. The maximum Gasteiger partial charge on any atom is 2.00 e. The van der Waals surface area contributed by atoms with Crippen molar-refractivity contribution >= 4 is 11.7 Å². The fourth-order valence-electron chi connectivity index (χ4n) is 3.42. The van der Waals surface area contributed by atoms with Crippen LogP contribution in [0.15, 0.2) is 48.5 Å². The molecular weight excluding hydrogens is 673 g/mol. The van der Waals surface area contributed by atoms with Gasteiger partial charge in [-0.2, -0.15) is 0 Å². The van der Waals surface area contributed by atoms with Crippen LogP contribution in [-0.2, 0) is 35.0 Å². The molecule has 0 spiro atoms. The average Bonchev–Trinajstić information content (AvgIpc) is 2.87. The van der Waals surface area contributed by atoms with Crippen molar-refractivity contribution in [2.75, 3.05) is 52.4 Å². The van der Waals surface area contributed by atoms with Gasteiger partial charge in [-0.05, 0) is 35.4 Å². The Kier molecular flexibility index (Phi) is 20.6. The number of nitro groups is 1. The quantitative estimate of drug-likeness (QED) is 0.109. The van der Waals surface area contributed by atoms with E-state index >= 15 is 0 Å². The molecule has 245 valence electrons. The number of hydrogen-bond acceptors (Lipinski definition) is 16. The normalized spacial score (nSPS) is 15.1. The first-order valence-corrected chi connectivity index (χ1v) is 14.7. The molecule has 2 aromatic rings. The van der Waals surface area contributed by atoms with Gasteiger partial charge in [-0.3, -0.25) is 15.0 Å². The molecule has 3 N–H and O–H groups in total. The Hall–Kier alpha value is -2.07. The second-order valence-electron chi connectivity index (χ2n) is 8.48. The Balaban J connectivity index is 0.00000139. The van der Waals surface area contributed by atoms with E-state index in [1.807, 2.05) is 12.1 Å². The number of hydrogen-bond donors (Lipinski definition) is 3. The first-order valence-electron chi connectivity index (χ1n) is 12.2. The number of esters is 1. The van der Waals surface area contributed by atoms with Crippen LogP contribution < -0.4 is 53.2 Å². The minimum atomic E-state index is -4.94. The van der Waals surface area contributed by atoms with Crippen molar-refractivity contribution in [3.63, 3.8) is 0 Å². The standard InChI is InChI=1S/C23H31N5O4.2ClHO4.Cu/c29-23(32-18-20-3-7-22(8-4-20)28(30)31)21-5-1-19(2-6-21)17-27-15-13-25-11-9-24-10-12-26-14-16-27;2*2-1(3,4)5;/h1-8,24-26H,9-18H2;2*(H,2,3,4,5);/q;;;+2/p-2. The summed E-state index contributed by atoms with van der Waals surface area (Å²) in [6.45, 7) is 8.56. The van der Waals surface area contributed by atoms with Crippen LogP contribution in [0.5, 0.6) is 0 Å². The van der Waals surface area contributed by atoms with Crippen molar-refractivity contribution in [1.29, 1.82) is 0 Å². The Morgan fingerprint density at radius 3 is 1.53 bits per heavy atom. The minimum absolute atomic E-state index is 0. The van der Waals surface area contributed by atoms with Crippen molar-refractivity contribution in [2.24, 2.45) is 0 Å². The summed E-state index contributed by atoms with van der Waals surface area (Å²) in [5, 5.41) is 21.0. The molecular formula is C23H31Cl2CuN5O12. The number of nitrogens with zero attached hydrogens (tertiary/aromatic N) is 2. The fourth-order valence-corrected chi connectivity index (χ4v) is 3.42. The van der Waals surface area contributed by atoms with Gasteiger partial charge >= 0.3 is 23.0 Å². The Labute approximate surface area is 262 Å². The zero-order chi connectivity index (χ0) is 31.6. The predicted octanol–water partition coefficient (Wildman–Crippen LogP) is -7.98. The summed E-state index contributed by atoms with van der Waals surface area (Å²) >= 11 is 0. The summed E-state index contributed by atoms with van der Waals surface area (Å²) in [7, 11) is -9.89. The van der Waals surface area contributed by atoms with E-state index in [2.05, 4.69) is 20.9 Å². The van der Waals surface area contributed by atoms with Crippen LogP contribution in [0.4, 0.5) is 5.69 Å². The van der Waals surface area contributed by atoms with Gasteiger partial charge in [-0.25, -0.2) is 42.1 Å². The van der Waals surface area contributed by atoms with Gasteiger partial charge in [0, 0.05) is 71.0 Å². The molecule has 1 aliphatic heterocycles. The van der Waals surface area contributed by atoms with Gasteiger partial charge in [0.1, 0.15) is 6.61 Å². The number of halogens is 2. The maximum absolute atomic E-state index is 12.3. The molecule has 0 saturated carbocycles. The SMILES string of the molecule is O=C(OCc1ccc([N+](=O)[O-])cc1)c1ccc(CN2CCNCCNCCNCC2)cc1.[Cu+2].[O-][Cl+3]([O-])([O-])[O-].[O-][Cl+3]([O-])([O-])[O-]. The summed E-state index contributed by atoms with van der Waals surface area (Å²) in [6, 6.07) is 13.5. The average molecular weight is 704 g/mol. The van der Waals surface area contributed by atoms with E-state index in [0.717, 1.165) is 64.5 Å². The van der Waals surface area contributed by atoms with Crippen LogP contribution in [0.2, 0.25) is 0 Å². The molecule has 1 radical (unpaired) electrons. The van der Waals surface area contributed by atoms with Gasteiger partial charge in [0.2, 0.25) is 0 Å². The number of nitrogens with one attached hydrogen (secondary N) is 3. The van der Waals surface area contributed by atoms with E-state index < -0.39 is 31.4 Å². The van der Waals surface area contributed by atoms with Crippen LogP contribution in [0.1, 0.15) is 21.5 Å². The fraction of sp³-hybridized carbons (Fsp3) is 0.435. The molecule has 3 rings (SSSR count). The Morgan fingerprint density at radius 1 is 0.721 bits per heavy atom. The van der Waals surface area contributed by atoms with Crippen molar-refractivity contribution in [3.8, 4) is 0 Å². The first kappa shape index (κ1) is 40.9. The van der Waals surface area contributed by atoms with Gasteiger partial charge in [0.15, 0.2) is 0 Å². The molecule has 2 aromatic carbocycles. The monoisotopic (exact) mass is 702 g/mol. The third-order valence-corrected chi connectivity index (χ3v) is 5.28. The first-order chi connectivity index (χ1) is 19.6. The molecule has 20 heteroatoms. The summed E-state index contributed by atoms with van der Waals surface area (Å²) < 4.78 is 73.3. The maximum atomic E-state index is 12.3. The van der Waals surface area contributed by atoms with E-state index in [1.54, 1.807) is 24.3 Å².